The highest BCUT2D eigenvalue weighted by Gasteiger charge is 2.47. The first-order chi connectivity index (χ1) is 33.2. The second-order valence-corrected chi connectivity index (χ2v) is 17.0. The molecular weight excluding hydrogens is 812 g/mol. The van der Waals surface area contributed by atoms with Crippen molar-refractivity contribution in [3.05, 3.63) is 248 Å². The number of fused-ring (bicyclic) bond motifs is 4. The molecule has 0 amide bonds. The summed E-state index contributed by atoms with van der Waals surface area (Å²) in [5.41, 5.74) is 19.6. The van der Waals surface area contributed by atoms with Gasteiger partial charge in [0.25, 0.3) is 6.71 Å². The Kier molecular flexibility index (Phi) is 9.68. The molecule has 12 rings (SSSR count). The van der Waals surface area contributed by atoms with Crippen LogP contribution in [0.2, 0.25) is 0 Å². The van der Waals surface area contributed by atoms with Crippen LogP contribution in [-0.2, 0) is 0 Å². The summed E-state index contributed by atoms with van der Waals surface area (Å²) >= 11 is 0. The predicted molar refractivity (Wildman–Crippen MR) is 277 cm³/mol. The second kappa shape index (κ2) is 16.4. The van der Waals surface area contributed by atoms with Crippen molar-refractivity contribution in [3.8, 4) is 67.8 Å². The minimum Gasteiger partial charge on any atom is -0.310 e. The van der Waals surface area contributed by atoms with Gasteiger partial charge in [-0.15, -0.1) is 0 Å². The zero-order valence-electron chi connectivity index (χ0n) is 36.4. The molecule has 310 valence electrons. The van der Waals surface area contributed by atoms with Gasteiger partial charge in [0.05, 0.1) is 22.5 Å². The summed E-state index contributed by atoms with van der Waals surface area (Å²) in [6, 6.07) is 88.1. The lowest BCUT2D eigenvalue weighted by molar-refractivity contribution is 1.23. The van der Waals surface area contributed by atoms with E-state index < -0.39 is 0 Å². The van der Waals surface area contributed by atoms with Crippen molar-refractivity contribution in [1.29, 1.82) is 10.5 Å². The molecule has 0 aromatic heterocycles. The molecule has 2 aliphatic heterocycles. The SMILES string of the molecule is N#Cc1c(-c2ccccc2)c(C#N)c2c3c1N(c1ccc(-c4ccccc4)cc1)c1ccc(-c4ccccc4)cc1B3c1cc(-c3ccccc3)ccc1N2c1ccc(-c2ccccc2)cc1. The molecule has 4 nitrogen and oxygen atoms in total. The standard InChI is InChI=1S/C62H39BN4/c64-40-53-59(48-24-14-5-15-25-48)54(41-65)62-60-61(53)66(51-32-26-46(27-33-51)42-16-6-1-7-17-42)57-36-30-49(44-20-10-3-11-21-44)38-55(57)63(60)56-39-50(45-22-12-4-13-23-45)31-37-58(56)67(62)52-34-28-47(29-35-52)43-18-8-2-9-19-43/h1-39H. The maximum absolute atomic E-state index is 11.7. The molecule has 0 spiro atoms. The highest BCUT2D eigenvalue weighted by molar-refractivity contribution is 7.00. The highest BCUT2D eigenvalue weighted by Crippen LogP contribution is 2.51. The molecule has 2 aliphatic rings. The van der Waals surface area contributed by atoms with Crippen LogP contribution >= 0.6 is 0 Å². The number of anilines is 6. The molecule has 67 heavy (non-hydrogen) atoms. The minimum absolute atomic E-state index is 0.356. The quantitative estimate of drug-likeness (QED) is 0.150. The molecule has 0 radical (unpaired) electrons. The molecule has 2 heterocycles. The topological polar surface area (TPSA) is 54.1 Å². The summed E-state index contributed by atoms with van der Waals surface area (Å²) in [4.78, 5) is 4.56. The third-order valence-corrected chi connectivity index (χ3v) is 13.3. The normalized spacial score (nSPS) is 12.1. The van der Waals surface area contributed by atoms with E-state index in [0.717, 1.165) is 101 Å². The van der Waals surface area contributed by atoms with Crippen LogP contribution < -0.4 is 26.2 Å². The lowest BCUT2D eigenvalue weighted by Gasteiger charge is -2.45. The fraction of sp³-hybridized carbons (Fsp3) is 0. The third-order valence-electron chi connectivity index (χ3n) is 13.3. The Morgan fingerprint density at radius 1 is 0.313 bits per heavy atom. The Hall–Kier alpha value is -9.16. The summed E-state index contributed by atoms with van der Waals surface area (Å²) in [6.45, 7) is -0.356. The summed E-state index contributed by atoms with van der Waals surface area (Å²) in [5.74, 6) is 0. The van der Waals surface area contributed by atoms with Crippen LogP contribution in [-0.4, -0.2) is 6.71 Å². The van der Waals surface area contributed by atoms with Crippen LogP contribution in [0.1, 0.15) is 11.1 Å². The fourth-order valence-electron chi connectivity index (χ4n) is 10.3. The number of hydrogen-bond donors (Lipinski definition) is 0. The number of nitrogens with zero attached hydrogens (tertiary/aromatic N) is 4. The number of hydrogen-bond acceptors (Lipinski definition) is 4. The first-order valence-corrected chi connectivity index (χ1v) is 22.6. The van der Waals surface area contributed by atoms with Crippen LogP contribution in [0, 0.1) is 22.7 Å². The molecule has 0 aliphatic carbocycles. The molecule has 0 bridgehead atoms. The van der Waals surface area contributed by atoms with Gasteiger partial charge in [-0.2, -0.15) is 10.5 Å². The minimum atomic E-state index is -0.356. The smallest absolute Gasteiger partial charge is 0.252 e. The first kappa shape index (κ1) is 39.4. The summed E-state index contributed by atoms with van der Waals surface area (Å²) in [5, 5.41) is 23.5. The lowest BCUT2D eigenvalue weighted by atomic mass is 9.33. The average Bonchev–Trinajstić information content (AvgIpc) is 3.41. The molecule has 0 saturated carbocycles. The van der Waals surface area contributed by atoms with Gasteiger partial charge in [-0.1, -0.05) is 200 Å². The Bertz CT molecular complexity index is 3350. The van der Waals surface area contributed by atoms with E-state index in [0.29, 0.717) is 16.7 Å². The highest BCUT2D eigenvalue weighted by atomic mass is 15.2. The van der Waals surface area contributed by atoms with Gasteiger partial charge in [0.1, 0.15) is 12.1 Å². The van der Waals surface area contributed by atoms with Crippen molar-refractivity contribution in [3.63, 3.8) is 0 Å². The Morgan fingerprint density at radius 3 is 0.955 bits per heavy atom. The first-order valence-electron chi connectivity index (χ1n) is 22.6. The van der Waals surface area contributed by atoms with E-state index >= 15 is 0 Å². The van der Waals surface area contributed by atoms with Gasteiger partial charge in [-0.25, -0.2) is 0 Å². The third kappa shape index (κ3) is 6.61. The van der Waals surface area contributed by atoms with Crippen molar-refractivity contribution >= 4 is 57.2 Å². The van der Waals surface area contributed by atoms with Gasteiger partial charge in [0, 0.05) is 28.3 Å². The van der Waals surface area contributed by atoms with Crippen LogP contribution in [0.4, 0.5) is 34.1 Å². The molecule has 0 unspecified atom stereocenters. The monoisotopic (exact) mass is 850 g/mol. The van der Waals surface area contributed by atoms with E-state index in [1.165, 1.54) is 0 Å². The summed E-state index contributed by atoms with van der Waals surface area (Å²) < 4.78 is 0. The summed E-state index contributed by atoms with van der Waals surface area (Å²) in [6.07, 6.45) is 0. The van der Waals surface area contributed by atoms with Crippen molar-refractivity contribution in [2.24, 2.45) is 0 Å². The van der Waals surface area contributed by atoms with E-state index in [1.54, 1.807) is 0 Å². The molecule has 0 saturated heterocycles. The van der Waals surface area contributed by atoms with E-state index in [2.05, 4.69) is 204 Å². The predicted octanol–water partition coefficient (Wildman–Crippen LogP) is 13.8. The second-order valence-electron chi connectivity index (χ2n) is 17.0. The van der Waals surface area contributed by atoms with Crippen molar-refractivity contribution in [2.75, 3.05) is 9.80 Å². The lowest BCUT2D eigenvalue weighted by Crippen LogP contribution is -2.62. The molecule has 0 N–H and O–H groups in total. The van der Waals surface area contributed by atoms with Gasteiger partial charge in [0.15, 0.2) is 0 Å². The maximum Gasteiger partial charge on any atom is 0.252 e. The van der Waals surface area contributed by atoms with E-state index in [1.807, 2.05) is 54.6 Å². The zero-order chi connectivity index (χ0) is 44.8. The summed E-state index contributed by atoms with van der Waals surface area (Å²) in [7, 11) is 0. The largest absolute Gasteiger partial charge is 0.310 e. The Labute approximate surface area is 391 Å². The van der Waals surface area contributed by atoms with Crippen molar-refractivity contribution in [1.82, 2.24) is 0 Å². The fourth-order valence-corrected chi connectivity index (χ4v) is 10.3. The van der Waals surface area contributed by atoms with Gasteiger partial charge >= 0.3 is 0 Å². The molecular formula is C62H39BN4. The van der Waals surface area contributed by atoms with Crippen molar-refractivity contribution in [2.45, 2.75) is 0 Å². The van der Waals surface area contributed by atoms with Gasteiger partial charge < -0.3 is 9.80 Å². The Balaban J connectivity index is 1.21. The number of rotatable bonds is 7. The van der Waals surface area contributed by atoms with E-state index in [9.17, 15) is 10.5 Å². The van der Waals surface area contributed by atoms with Crippen LogP contribution in [0.5, 0.6) is 0 Å². The van der Waals surface area contributed by atoms with E-state index in [4.69, 9.17) is 0 Å². The maximum atomic E-state index is 11.7. The molecule has 0 fully saturated rings. The average molecular weight is 851 g/mol. The Morgan fingerprint density at radius 2 is 0.612 bits per heavy atom. The molecule has 0 atom stereocenters. The van der Waals surface area contributed by atoms with Gasteiger partial charge in [-0.3, -0.25) is 0 Å². The van der Waals surface area contributed by atoms with Crippen LogP contribution in [0.25, 0.3) is 55.6 Å². The van der Waals surface area contributed by atoms with Crippen molar-refractivity contribution < 1.29 is 0 Å². The van der Waals surface area contributed by atoms with Gasteiger partial charge in [0.2, 0.25) is 0 Å². The molecule has 10 aromatic carbocycles. The van der Waals surface area contributed by atoms with Crippen LogP contribution in [0.15, 0.2) is 237 Å². The number of benzene rings is 10. The van der Waals surface area contributed by atoms with E-state index in [-0.39, 0.29) is 6.71 Å². The molecule has 10 aromatic rings. The molecule has 5 heteroatoms. The number of nitriles is 2. The van der Waals surface area contributed by atoms with Gasteiger partial charge in [-0.05, 0) is 103 Å². The zero-order valence-corrected chi connectivity index (χ0v) is 36.4. The van der Waals surface area contributed by atoms with Crippen LogP contribution in [0.3, 0.4) is 0 Å².